The zero-order valence-electron chi connectivity index (χ0n) is 10.7. The van der Waals surface area contributed by atoms with Crippen molar-refractivity contribution in [1.29, 1.82) is 0 Å². The van der Waals surface area contributed by atoms with Crippen molar-refractivity contribution in [3.05, 3.63) is 29.0 Å². The Morgan fingerprint density at radius 1 is 1.47 bits per heavy atom. The molecule has 1 aliphatic rings. The molecule has 2 nitrogen and oxygen atoms in total. The SMILES string of the molecule is CC1CCCC(N(C)Cc2cc(Cl)ccn2)C1. The summed E-state index contributed by atoms with van der Waals surface area (Å²) < 4.78 is 0. The highest BCUT2D eigenvalue weighted by atomic mass is 35.5. The first-order valence-electron chi connectivity index (χ1n) is 6.46. The lowest BCUT2D eigenvalue weighted by atomic mass is 9.86. The Morgan fingerprint density at radius 2 is 2.29 bits per heavy atom. The lowest BCUT2D eigenvalue weighted by Crippen LogP contribution is -2.35. The van der Waals surface area contributed by atoms with Gasteiger partial charge in [-0.15, -0.1) is 0 Å². The molecule has 0 bridgehead atoms. The van der Waals surface area contributed by atoms with Crippen molar-refractivity contribution >= 4 is 11.6 Å². The Balaban J connectivity index is 1.94. The van der Waals surface area contributed by atoms with Gasteiger partial charge in [0.15, 0.2) is 0 Å². The van der Waals surface area contributed by atoms with Crippen molar-refractivity contribution in [3.63, 3.8) is 0 Å². The molecule has 17 heavy (non-hydrogen) atoms. The maximum absolute atomic E-state index is 5.98. The van der Waals surface area contributed by atoms with Crippen molar-refractivity contribution in [2.75, 3.05) is 7.05 Å². The van der Waals surface area contributed by atoms with E-state index in [1.165, 1.54) is 25.7 Å². The third-order valence-corrected chi connectivity index (χ3v) is 3.96. The number of halogens is 1. The van der Waals surface area contributed by atoms with Crippen LogP contribution in [0.2, 0.25) is 5.02 Å². The van der Waals surface area contributed by atoms with Crippen LogP contribution in [0.4, 0.5) is 0 Å². The number of hydrogen-bond donors (Lipinski definition) is 0. The summed E-state index contributed by atoms with van der Waals surface area (Å²) in [4.78, 5) is 6.79. The second-order valence-electron chi connectivity index (χ2n) is 5.31. The van der Waals surface area contributed by atoms with E-state index in [0.717, 1.165) is 23.2 Å². The first-order valence-corrected chi connectivity index (χ1v) is 6.83. The molecule has 1 fully saturated rings. The van der Waals surface area contributed by atoms with Crippen molar-refractivity contribution in [1.82, 2.24) is 9.88 Å². The van der Waals surface area contributed by atoms with E-state index in [2.05, 4.69) is 23.9 Å². The predicted octanol–water partition coefficient (Wildman–Crippen LogP) is 3.75. The number of rotatable bonds is 3. The molecular formula is C14H21ClN2. The van der Waals surface area contributed by atoms with E-state index in [1.54, 1.807) is 6.20 Å². The monoisotopic (exact) mass is 252 g/mol. The van der Waals surface area contributed by atoms with Gasteiger partial charge in [-0.25, -0.2) is 0 Å². The normalized spacial score (nSPS) is 25.2. The Bertz CT molecular complexity index is 367. The summed E-state index contributed by atoms with van der Waals surface area (Å²) in [6.45, 7) is 3.26. The molecule has 2 atom stereocenters. The van der Waals surface area contributed by atoms with Gasteiger partial charge in [0.25, 0.3) is 0 Å². The zero-order chi connectivity index (χ0) is 12.3. The standard InChI is InChI=1S/C14H21ClN2/c1-11-4-3-5-14(8-11)17(2)10-13-9-12(15)6-7-16-13/h6-7,9,11,14H,3-5,8,10H2,1-2H3. The van der Waals surface area contributed by atoms with Gasteiger partial charge in [0.1, 0.15) is 0 Å². The van der Waals surface area contributed by atoms with Gasteiger partial charge in [-0.2, -0.15) is 0 Å². The van der Waals surface area contributed by atoms with Gasteiger partial charge in [0, 0.05) is 23.8 Å². The third kappa shape index (κ3) is 3.68. The lowest BCUT2D eigenvalue weighted by Gasteiger charge is -2.34. The molecule has 0 radical (unpaired) electrons. The van der Waals surface area contributed by atoms with E-state index in [4.69, 9.17) is 11.6 Å². The topological polar surface area (TPSA) is 16.1 Å². The van der Waals surface area contributed by atoms with Gasteiger partial charge < -0.3 is 0 Å². The van der Waals surface area contributed by atoms with Crippen molar-refractivity contribution in [2.45, 2.75) is 45.2 Å². The van der Waals surface area contributed by atoms with Crippen LogP contribution in [-0.4, -0.2) is 23.0 Å². The second-order valence-corrected chi connectivity index (χ2v) is 5.74. The number of nitrogens with zero attached hydrogens (tertiary/aromatic N) is 2. The van der Waals surface area contributed by atoms with Gasteiger partial charge in [-0.05, 0) is 37.9 Å². The molecule has 0 N–H and O–H groups in total. The summed E-state index contributed by atoms with van der Waals surface area (Å²) >= 11 is 5.98. The molecule has 2 unspecified atom stereocenters. The molecular weight excluding hydrogens is 232 g/mol. The minimum atomic E-state index is 0.708. The minimum Gasteiger partial charge on any atom is -0.298 e. The molecule has 1 aromatic rings. The lowest BCUT2D eigenvalue weighted by molar-refractivity contribution is 0.156. The highest BCUT2D eigenvalue weighted by Gasteiger charge is 2.22. The average molecular weight is 253 g/mol. The van der Waals surface area contributed by atoms with Gasteiger partial charge in [-0.3, -0.25) is 9.88 Å². The largest absolute Gasteiger partial charge is 0.298 e. The molecule has 1 heterocycles. The van der Waals surface area contributed by atoms with Crippen molar-refractivity contribution in [2.24, 2.45) is 5.92 Å². The Labute approximate surface area is 109 Å². The fraction of sp³-hybridized carbons (Fsp3) is 0.643. The van der Waals surface area contributed by atoms with Crippen LogP contribution in [0.1, 0.15) is 38.3 Å². The molecule has 2 rings (SSSR count). The molecule has 0 amide bonds. The molecule has 0 saturated heterocycles. The maximum atomic E-state index is 5.98. The van der Waals surface area contributed by atoms with E-state index >= 15 is 0 Å². The van der Waals surface area contributed by atoms with Crippen LogP contribution < -0.4 is 0 Å². The van der Waals surface area contributed by atoms with Crippen LogP contribution in [0.15, 0.2) is 18.3 Å². The van der Waals surface area contributed by atoms with E-state index in [9.17, 15) is 0 Å². The van der Waals surface area contributed by atoms with Gasteiger partial charge in [0.05, 0.1) is 5.69 Å². The van der Waals surface area contributed by atoms with Crippen molar-refractivity contribution < 1.29 is 0 Å². The molecule has 1 saturated carbocycles. The van der Waals surface area contributed by atoms with Gasteiger partial charge >= 0.3 is 0 Å². The quantitative estimate of drug-likeness (QED) is 0.815. The van der Waals surface area contributed by atoms with Gasteiger partial charge in [-0.1, -0.05) is 31.4 Å². The average Bonchev–Trinajstić information content (AvgIpc) is 2.29. The first kappa shape index (κ1) is 12.8. The molecule has 0 aliphatic heterocycles. The summed E-state index contributed by atoms with van der Waals surface area (Å²) in [5, 5.41) is 0.778. The number of aromatic nitrogens is 1. The fourth-order valence-electron chi connectivity index (χ4n) is 2.72. The van der Waals surface area contributed by atoms with Crippen LogP contribution in [0.25, 0.3) is 0 Å². The zero-order valence-corrected chi connectivity index (χ0v) is 11.5. The number of pyridine rings is 1. The Morgan fingerprint density at radius 3 is 3.00 bits per heavy atom. The molecule has 1 aromatic heterocycles. The Hall–Kier alpha value is -0.600. The van der Waals surface area contributed by atoms with Crippen LogP contribution in [0, 0.1) is 5.92 Å². The summed E-state index contributed by atoms with van der Waals surface area (Å²) in [6, 6.07) is 4.50. The summed E-state index contributed by atoms with van der Waals surface area (Å²) in [5.41, 5.74) is 1.07. The van der Waals surface area contributed by atoms with Crippen LogP contribution >= 0.6 is 11.6 Å². The molecule has 0 spiro atoms. The van der Waals surface area contributed by atoms with E-state index in [1.807, 2.05) is 12.1 Å². The van der Waals surface area contributed by atoms with Crippen LogP contribution in [0.5, 0.6) is 0 Å². The second kappa shape index (κ2) is 5.83. The van der Waals surface area contributed by atoms with Crippen molar-refractivity contribution in [3.8, 4) is 0 Å². The molecule has 1 aliphatic carbocycles. The highest BCUT2D eigenvalue weighted by molar-refractivity contribution is 6.30. The Kier molecular flexibility index (Phi) is 4.41. The molecule has 3 heteroatoms. The highest BCUT2D eigenvalue weighted by Crippen LogP contribution is 2.27. The van der Waals surface area contributed by atoms with Gasteiger partial charge in [0.2, 0.25) is 0 Å². The summed E-state index contributed by atoms with van der Waals surface area (Å²) in [5.74, 6) is 0.864. The van der Waals surface area contributed by atoms with Crippen LogP contribution in [0.3, 0.4) is 0 Å². The maximum Gasteiger partial charge on any atom is 0.0558 e. The van der Waals surface area contributed by atoms with E-state index in [0.29, 0.717) is 6.04 Å². The van der Waals surface area contributed by atoms with E-state index < -0.39 is 0 Å². The summed E-state index contributed by atoms with van der Waals surface area (Å²) in [6.07, 6.45) is 7.17. The molecule has 0 aromatic carbocycles. The summed E-state index contributed by atoms with van der Waals surface area (Å²) in [7, 11) is 2.20. The first-order chi connectivity index (χ1) is 8.15. The molecule has 94 valence electrons. The van der Waals surface area contributed by atoms with E-state index in [-0.39, 0.29) is 0 Å². The fourth-order valence-corrected chi connectivity index (χ4v) is 2.90. The third-order valence-electron chi connectivity index (χ3n) is 3.72. The number of hydrogen-bond acceptors (Lipinski definition) is 2. The van der Waals surface area contributed by atoms with Crippen LogP contribution in [-0.2, 0) is 6.54 Å². The minimum absolute atomic E-state index is 0.708. The predicted molar refractivity (Wildman–Crippen MR) is 72.1 cm³/mol. The smallest absolute Gasteiger partial charge is 0.0558 e.